The topological polar surface area (TPSA) is 9.23 Å². The largest absolute Gasteiger partial charge is 0.364 e. The Bertz CT molecular complexity index is 391. The minimum Gasteiger partial charge on any atom is -0.364 e. The second kappa shape index (κ2) is 15.2. The van der Waals surface area contributed by atoms with E-state index in [0.29, 0.717) is 12.2 Å². The Morgan fingerprint density at radius 3 is 1.73 bits per heavy atom. The van der Waals surface area contributed by atoms with E-state index >= 15 is 0 Å². The fourth-order valence-electron chi connectivity index (χ4n) is 4.52. The molecule has 1 heterocycles. The summed E-state index contributed by atoms with van der Waals surface area (Å²) in [6.45, 7) is 11.3. The molecule has 2 atom stereocenters. The van der Waals surface area contributed by atoms with Gasteiger partial charge in [0.1, 0.15) is 31.8 Å². The maximum atomic E-state index is 5.97. The van der Waals surface area contributed by atoms with Crippen molar-refractivity contribution in [2.45, 2.75) is 110 Å². The monoisotopic (exact) mass is 476 g/mol. The van der Waals surface area contributed by atoms with Gasteiger partial charge in [0.25, 0.3) is 0 Å². The summed E-state index contributed by atoms with van der Waals surface area (Å²) < 4.78 is 10.2. The molecule has 26 heavy (non-hydrogen) atoms. The number of quaternary nitrogens is 1. The molecule has 0 bridgehead atoms. The Balaban J connectivity index is 2.10. The van der Waals surface area contributed by atoms with Gasteiger partial charge in [-0.2, -0.15) is 0 Å². The number of unbranched alkanes of at least 4 members (excludes halogenated alkanes) is 11. The van der Waals surface area contributed by atoms with Gasteiger partial charge < -0.3 is 9.22 Å². The lowest BCUT2D eigenvalue weighted by Gasteiger charge is -2.45. The van der Waals surface area contributed by atoms with Crippen LogP contribution in [0.2, 0.25) is 0 Å². The van der Waals surface area contributed by atoms with Crippen molar-refractivity contribution in [2.24, 2.45) is 0 Å². The van der Waals surface area contributed by atoms with Crippen molar-refractivity contribution in [2.75, 3.05) is 26.2 Å². The van der Waals surface area contributed by atoms with E-state index in [2.05, 4.69) is 53.2 Å². The third-order valence-electron chi connectivity index (χ3n) is 5.72. The summed E-state index contributed by atoms with van der Waals surface area (Å²) in [6.07, 6.45) is 17.8. The third-order valence-corrected chi connectivity index (χ3v) is 6.10. The predicted octanol–water partition coefficient (Wildman–Crippen LogP) is 6.71. The number of ether oxygens (including phenoxy) is 1. The molecule has 0 amide bonds. The van der Waals surface area contributed by atoms with Crippen LogP contribution in [0, 0.1) is 9.85 Å². The van der Waals surface area contributed by atoms with Crippen LogP contribution in [0.25, 0.3) is 0 Å². The molecule has 1 rings (SSSR count). The van der Waals surface area contributed by atoms with Crippen LogP contribution >= 0.6 is 22.6 Å². The average Bonchev–Trinajstić information content (AvgIpc) is 2.60. The normalized spacial score (nSPS) is 25.7. The van der Waals surface area contributed by atoms with Crippen LogP contribution in [-0.2, 0) is 4.74 Å². The van der Waals surface area contributed by atoms with Crippen LogP contribution in [-0.4, -0.2) is 42.9 Å². The fraction of sp³-hybridized carbons (Fsp3) is 0.913. The van der Waals surface area contributed by atoms with Gasteiger partial charge in [-0.05, 0) is 36.5 Å². The molecule has 0 aromatic rings. The minimum atomic E-state index is 0.368. The molecule has 2 unspecified atom stereocenters. The number of hydrogen-bond donors (Lipinski definition) is 0. The van der Waals surface area contributed by atoms with Crippen molar-refractivity contribution >= 4 is 22.6 Å². The zero-order valence-corrected chi connectivity index (χ0v) is 19.9. The van der Waals surface area contributed by atoms with Crippen molar-refractivity contribution in [3.05, 3.63) is 0 Å². The molecule has 152 valence electrons. The molecule has 0 N–H and O–H groups in total. The lowest BCUT2D eigenvalue weighted by Crippen LogP contribution is -2.60. The van der Waals surface area contributed by atoms with Gasteiger partial charge >= 0.3 is 0 Å². The number of nitrogens with zero attached hydrogens (tertiary/aromatic N) is 1. The molecular weight excluding hydrogens is 433 g/mol. The Labute approximate surface area is 177 Å². The van der Waals surface area contributed by atoms with Crippen molar-refractivity contribution < 1.29 is 9.22 Å². The van der Waals surface area contributed by atoms with E-state index in [1.807, 2.05) is 0 Å². The molecule has 0 spiro atoms. The SMILES string of the molecule is CCCCCCCCCCCCCC[N+]1(CC#CI)CC(C)OC(C)C1. The van der Waals surface area contributed by atoms with Crippen molar-refractivity contribution in [1.82, 2.24) is 0 Å². The van der Waals surface area contributed by atoms with Gasteiger partial charge in [-0.1, -0.05) is 71.1 Å². The van der Waals surface area contributed by atoms with Gasteiger partial charge in [-0.15, -0.1) is 0 Å². The minimum absolute atomic E-state index is 0.368. The number of hydrogen-bond acceptors (Lipinski definition) is 1. The lowest BCUT2D eigenvalue weighted by molar-refractivity contribution is -0.935. The predicted molar refractivity (Wildman–Crippen MR) is 123 cm³/mol. The molecule has 3 heteroatoms. The van der Waals surface area contributed by atoms with Gasteiger partial charge in [0.05, 0.1) is 6.54 Å². The van der Waals surface area contributed by atoms with E-state index in [-0.39, 0.29) is 0 Å². The lowest BCUT2D eigenvalue weighted by atomic mass is 10.0. The van der Waals surface area contributed by atoms with E-state index < -0.39 is 0 Å². The second-order valence-electron chi connectivity index (χ2n) is 8.51. The Kier molecular flexibility index (Phi) is 14.1. The van der Waals surface area contributed by atoms with E-state index in [1.54, 1.807) is 0 Å². The summed E-state index contributed by atoms with van der Waals surface area (Å²) in [5, 5.41) is 0. The molecule has 1 saturated heterocycles. The number of halogens is 1. The van der Waals surface area contributed by atoms with Crippen molar-refractivity contribution in [3.8, 4) is 9.85 Å². The highest BCUT2D eigenvalue weighted by molar-refractivity contribution is 14.1. The van der Waals surface area contributed by atoms with Gasteiger partial charge in [-0.25, -0.2) is 0 Å². The summed E-state index contributed by atoms with van der Waals surface area (Å²) in [5.74, 6) is 3.35. The van der Waals surface area contributed by atoms with Crippen LogP contribution < -0.4 is 0 Å². The second-order valence-corrected chi connectivity index (χ2v) is 9.05. The van der Waals surface area contributed by atoms with Crippen molar-refractivity contribution in [1.29, 1.82) is 0 Å². The van der Waals surface area contributed by atoms with E-state index in [0.717, 1.165) is 24.1 Å². The first kappa shape index (κ1) is 24.2. The van der Waals surface area contributed by atoms with Gasteiger partial charge in [0.2, 0.25) is 0 Å². The molecule has 0 aliphatic carbocycles. The van der Waals surface area contributed by atoms with Crippen LogP contribution in [0.5, 0.6) is 0 Å². The summed E-state index contributed by atoms with van der Waals surface area (Å²) in [5.41, 5.74) is 0. The number of rotatable bonds is 14. The molecule has 1 aliphatic rings. The highest BCUT2D eigenvalue weighted by Crippen LogP contribution is 2.21. The molecule has 0 aromatic heterocycles. The Hall–Kier alpha value is 0.210. The summed E-state index contributed by atoms with van der Waals surface area (Å²) >= 11 is 2.17. The first-order valence-corrected chi connectivity index (χ1v) is 12.3. The van der Waals surface area contributed by atoms with Gasteiger partial charge in [-0.3, -0.25) is 0 Å². The maximum absolute atomic E-state index is 5.97. The highest BCUT2D eigenvalue weighted by Gasteiger charge is 2.36. The highest BCUT2D eigenvalue weighted by atomic mass is 127. The smallest absolute Gasteiger partial charge is 0.141 e. The standard InChI is InChI=1S/C23H43INO/c1-4-5-6-7-8-9-10-11-12-13-14-15-18-25(19-16-17-24)20-22(2)26-23(3)21-25/h22-23H,4-15,18-21H2,1-3H3/q+1. The van der Waals surface area contributed by atoms with Crippen molar-refractivity contribution in [3.63, 3.8) is 0 Å². The van der Waals surface area contributed by atoms with Gasteiger partial charge in [0, 0.05) is 22.6 Å². The van der Waals surface area contributed by atoms with E-state index in [9.17, 15) is 0 Å². The summed E-state index contributed by atoms with van der Waals surface area (Å²) in [4.78, 5) is 0. The molecular formula is C23H43INO+. The maximum Gasteiger partial charge on any atom is 0.141 e. The van der Waals surface area contributed by atoms with Crippen LogP contribution in [0.4, 0.5) is 0 Å². The number of morpholine rings is 1. The molecule has 0 aromatic carbocycles. The van der Waals surface area contributed by atoms with E-state index in [4.69, 9.17) is 4.74 Å². The molecule has 1 aliphatic heterocycles. The zero-order valence-electron chi connectivity index (χ0n) is 17.7. The quantitative estimate of drug-likeness (QED) is 0.117. The Morgan fingerprint density at radius 1 is 0.808 bits per heavy atom. The average molecular weight is 477 g/mol. The molecule has 0 saturated carbocycles. The van der Waals surface area contributed by atoms with Gasteiger partial charge in [0.15, 0.2) is 0 Å². The first-order valence-electron chi connectivity index (χ1n) is 11.2. The molecule has 0 radical (unpaired) electrons. The zero-order chi connectivity index (χ0) is 19.1. The third kappa shape index (κ3) is 11.1. The summed E-state index contributed by atoms with van der Waals surface area (Å²) in [7, 11) is 0. The first-order chi connectivity index (χ1) is 12.6. The van der Waals surface area contributed by atoms with E-state index in [1.165, 1.54) is 83.6 Å². The Morgan fingerprint density at radius 2 is 1.27 bits per heavy atom. The van der Waals surface area contributed by atoms with Crippen LogP contribution in [0.15, 0.2) is 0 Å². The molecule has 1 fully saturated rings. The summed E-state index contributed by atoms with van der Waals surface area (Å²) in [6, 6.07) is 0. The molecule has 2 nitrogen and oxygen atoms in total. The van der Waals surface area contributed by atoms with Crippen LogP contribution in [0.3, 0.4) is 0 Å². The fourth-order valence-corrected chi connectivity index (χ4v) is 4.70. The van der Waals surface area contributed by atoms with Crippen LogP contribution in [0.1, 0.15) is 97.8 Å².